The number of nitro groups is 1. The average Bonchev–Trinajstić information content (AvgIpc) is 3.02. The van der Waals surface area contributed by atoms with Crippen molar-refractivity contribution in [2.45, 2.75) is 40.0 Å². The van der Waals surface area contributed by atoms with Crippen LogP contribution < -0.4 is 5.43 Å². The minimum absolute atomic E-state index is 0.0448. The number of nitro benzene ring substituents is 1. The van der Waals surface area contributed by atoms with Gasteiger partial charge in [0, 0.05) is 22.1 Å². The number of aryl methyl sites for hydroxylation is 2. The van der Waals surface area contributed by atoms with E-state index in [1.165, 1.54) is 27.8 Å². The third-order valence-electron chi connectivity index (χ3n) is 4.70. The van der Waals surface area contributed by atoms with E-state index in [-0.39, 0.29) is 11.6 Å². The molecule has 1 atom stereocenters. The maximum atomic E-state index is 12.4. The largest absolute Gasteiger partial charge is 0.281 e. The topological polar surface area (TPSA) is 84.6 Å². The highest BCUT2D eigenvalue weighted by Gasteiger charge is 2.20. The lowest BCUT2D eigenvalue weighted by Gasteiger charge is -2.16. The first kappa shape index (κ1) is 18.3. The standard InChI is InChI=1S/C19H21N3O3S/c1-11-4-7-17-15(8-11)10-18(26-17)19(23)21-20-13(3)14-6-5-12(2)16(9-14)22(24)25/h5-6,9-11H,4,7-8H2,1-3H3,(H,21,23). The molecule has 1 aromatic heterocycles. The van der Waals surface area contributed by atoms with Crippen LogP contribution in [-0.2, 0) is 12.8 Å². The molecule has 1 aliphatic carbocycles. The number of thiophene rings is 1. The molecule has 0 saturated carbocycles. The molecule has 7 heteroatoms. The van der Waals surface area contributed by atoms with Crippen molar-refractivity contribution in [1.82, 2.24) is 5.43 Å². The summed E-state index contributed by atoms with van der Waals surface area (Å²) in [6.45, 7) is 5.64. The van der Waals surface area contributed by atoms with Crippen LogP contribution >= 0.6 is 11.3 Å². The third-order valence-corrected chi connectivity index (χ3v) is 5.94. The number of carbonyl (C=O) groups is 1. The molecule has 26 heavy (non-hydrogen) atoms. The van der Waals surface area contributed by atoms with Crippen molar-refractivity contribution in [1.29, 1.82) is 0 Å². The van der Waals surface area contributed by atoms with Gasteiger partial charge in [-0.15, -0.1) is 11.3 Å². The first-order chi connectivity index (χ1) is 12.3. The normalized spacial score (nSPS) is 16.9. The maximum Gasteiger partial charge on any atom is 0.281 e. The van der Waals surface area contributed by atoms with Crippen LogP contribution in [0, 0.1) is 23.0 Å². The van der Waals surface area contributed by atoms with E-state index in [4.69, 9.17) is 0 Å². The Morgan fingerprint density at radius 1 is 1.38 bits per heavy atom. The van der Waals surface area contributed by atoms with Gasteiger partial charge in [-0.2, -0.15) is 5.10 Å². The van der Waals surface area contributed by atoms with Gasteiger partial charge in [0.2, 0.25) is 0 Å². The number of benzene rings is 1. The number of hydrogen-bond donors (Lipinski definition) is 1. The fraction of sp³-hybridized carbons (Fsp3) is 0.368. The molecular formula is C19H21N3O3S. The number of carbonyl (C=O) groups excluding carboxylic acids is 1. The van der Waals surface area contributed by atoms with Crippen LogP contribution in [0.4, 0.5) is 5.69 Å². The van der Waals surface area contributed by atoms with Gasteiger partial charge in [0.15, 0.2) is 0 Å². The van der Waals surface area contributed by atoms with E-state index >= 15 is 0 Å². The summed E-state index contributed by atoms with van der Waals surface area (Å²) in [5.74, 6) is 0.420. The number of fused-ring (bicyclic) bond motifs is 1. The Balaban J connectivity index is 1.74. The van der Waals surface area contributed by atoms with Gasteiger partial charge in [-0.25, -0.2) is 5.43 Å². The smallest absolute Gasteiger partial charge is 0.266 e. The van der Waals surface area contributed by atoms with E-state index < -0.39 is 4.92 Å². The second-order valence-electron chi connectivity index (χ2n) is 6.80. The van der Waals surface area contributed by atoms with Gasteiger partial charge >= 0.3 is 0 Å². The number of amides is 1. The average molecular weight is 371 g/mol. The number of hydrazone groups is 1. The molecule has 6 nitrogen and oxygen atoms in total. The Morgan fingerprint density at radius 3 is 2.88 bits per heavy atom. The lowest BCUT2D eigenvalue weighted by Crippen LogP contribution is -2.18. The van der Waals surface area contributed by atoms with Crippen molar-refractivity contribution in [2.24, 2.45) is 11.0 Å². The Hall–Kier alpha value is -2.54. The van der Waals surface area contributed by atoms with Gasteiger partial charge in [0.25, 0.3) is 11.6 Å². The lowest BCUT2D eigenvalue weighted by atomic mass is 9.90. The van der Waals surface area contributed by atoms with Crippen LogP contribution in [0.2, 0.25) is 0 Å². The third kappa shape index (κ3) is 3.83. The maximum absolute atomic E-state index is 12.4. The number of hydrogen-bond acceptors (Lipinski definition) is 5. The SMILES string of the molecule is CC(=NNC(=O)c1cc2c(s1)CCC(C)C2)c1ccc(C)c([N+](=O)[O-])c1. The fourth-order valence-corrected chi connectivity index (χ4v) is 4.20. The molecule has 0 aliphatic heterocycles. The highest BCUT2D eigenvalue weighted by atomic mass is 32.1. The number of nitrogens with one attached hydrogen (secondary N) is 1. The molecule has 0 bridgehead atoms. The molecule has 0 fully saturated rings. The summed E-state index contributed by atoms with van der Waals surface area (Å²) in [6.07, 6.45) is 3.22. The molecule has 3 rings (SSSR count). The highest BCUT2D eigenvalue weighted by molar-refractivity contribution is 7.14. The summed E-state index contributed by atoms with van der Waals surface area (Å²) in [5, 5.41) is 15.2. The number of nitrogens with zero attached hydrogens (tertiary/aromatic N) is 2. The van der Waals surface area contributed by atoms with E-state index in [0.29, 0.717) is 27.6 Å². The second kappa shape index (κ2) is 7.37. The van der Waals surface area contributed by atoms with Crippen LogP contribution in [0.5, 0.6) is 0 Å². The molecule has 1 aliphatic rings. The van der Waals surface area contributed by atoms with Gasteiger partial charge in [-0.05, 0) is 50.7 Å². The minimum atomic E-state index is -0.415. The molecular weight excluding hydrogens is 350 g/mol. The molecule has 1 amide bonds. The Labute approximate surface area is 156 Å². The summed E-state index contributed by atoms with van der Waals surface area (Å²) in [6, 6.07) is 6.89. The quantitative estimate of drug-likeness (QED) is 0.495. The van der Waals surface area contributed by atoms with Gasteiger partial charge < -0.3 is 0 Å². The van der Waals surface area contributed by atoms with E-state index in [0.717, 1.165) is 19.3 Å². The Morgan fingerprint density at radius 2 is 2.15 bits per heavy atom. The monoisotopic (exact) mass is 371 g/mol. The Kier molecular flexibility index (Phi) is 5.18. The van der Waals surface area contributed by atoms with Crippen molar-refractivity contribution >= 4 is 28.6 Å². The van der Waals surface area contributed by atoms with Crippen LogP contribution in [0.15, 0.2) is 29.4 Å². The van der Waals surface area contributed by atoms with E-state index in [2.05, 4.69) is 17.5 Å². The molecule has 1 heterocycles. The molecule has 1 aromatic carbocycles. The van der Waals surface area contributed by atoms with Gasteiger partial charge in [0.1, 0.15) is 0 Å². The van der Waals surface area contributed by atoms with Gasteiger partial charge in [-0.3, -0.25) is 14.9 Å². The summed E-state index contributed by atoms with van der Waals surface area (Å²) in [5.41, 5.74) is 5.62. The van der Waals surface area contributed by atoms with Gasteiger partial charge in [-0.1, -0.05) is 19.1 Å². The summed E-state index contributed by atoms with van der Waals surface area (Å²) in [4.78, 5) is 25.0. The molecule has 136 valence electrons. The van der Waals surface area contributed by atoms with Gasteiger partial charge in [0.05, 0.1) is 15.5 Å². The molecule has 1 N–H and O–H groups in total. The van der Waals surface area contributed by atoms with Crippen LogP contribution in [0.25, 0.3) is 0 Å². The zero-order valence-corrected chi connectivity index (χ0v) is 15.9. The van der Waals surface area contributed by atoms with Crippen molar-refractivity contribution < 1.29 is 9.72 Å². The molecule has 2 aromatic rings. The van der Waals surface area contributed by atoms with Crippen LogP contribution in [0.1, 0.15) is 51.5 Å². The minimum Gasteiger partial charge on any atom is -0.266 e. The number of rotatable bonds is 4. The summed E-state index contributed by atoms with van der Waals surface area (Å²) in [7, 11) is 0. The summed E-state index contributed by atoms with van der Waals surface area (Å²) < 4.78 is 0. The molecule has 0 spiro atoms. The first-order valence-electron chi connectivity index (χ1n) is 8.56. The van der Waals surface area contributed by atoms with Crippen molar-refractivity contribution in [3.05, 3.63) is 60.8 Å². The Bertz CT molecular complexity index is 901. The highest BCUT2D eigenvalue weighted by Crippen LogP contribution is 2.32. The van der Waals surface area contributed by atoms with E-state index in [1.54, 1.807) is 26.0 Å². The predicted octanol–water partition coefficient (Wildman–Crippen LogP) is 4.24. The predicted molar refractivity (Wildman–Crippen MR) is 103 cm³/mol. The molecule has 0 radical (unpaired) electrons. The molecule has 1 unspecified atom stereocenters. The molecule has 0 saturated heterocycles. The lowest BCUT2D eigenvalue weighted by molar-refractivity contribution is -0.385. The fourth-order valence-electron chi connectivity index (χ4n) is 3.10. The zero-order valence-electron chi connectivity index (χ0n) is 15.0. The second-order valence-corrected chi connectivity index (χ2v) is 7.94. The van der Waals surface area contributed by atoms with Crippen molar-refractivity contribution in [3.63, 3.8) is 0 Å². The van der Waals surface area contributed by atoms with E-state index in [1.807, 2.05) is 6.07 Å². The zero-order chi connectivity index (χ0) is 18.8. The first-order valence-corrected chi connectivity index (χ1v) is 9.38. The van der Waals surface area contributed by atoms with Crippen LogP contribution in [-0.4, -0.2) is 16.5 Å². The van der Waals surface area contributed by atoms with Crippen molar-refractivity contribution in [2.75, 3.05) is 0 Å². The summed E-state index contributed by atoms with van der Waals surface area (Å²) >= 11 is 1.53. The van der Waals surface area contributed by atoms with Crippen molar-refractivity contribution in [3.8, 4) is 0 Å². The van der Waals surface area contributed by atoms with Crippen LogP contribution in [0.3, 0.4) is 0 Å². The van der Waals surface area contributed by atoms with E-state index in [9.17, 15) is 14.9 Å².